The van der Waals surface area contributed by atoms with E-state index in [4.69, 9.17) is 15.9 Å². The number of carboxylic acids is 2. The number of aliphatic carboxylic acids is 2. The molecule has 3 unspecified atom stereocenters. The third kappa shape index (κ3) is 7.09. The van der Waals surface area contributed by atoms with Gasteiger partial charge in [-0.2, -0.15) is 0 Å². The molecular weight excluding hydrogens is 306 g/mol. The zero-order valence-electron chi connectivity index (χ0n) is 13.7. The van der Waals surface area contributed by atoms with E-state index in [2.05, 4.69) is 10.6 Å². The minimum absolute atomic E-state index is 0.336. The molecule has 23 heavy (non-hydrogen) atoms. The summed E-state index contributed by atoms with van der Waals surface area (Å²) in [4.78, 5) is 45.8. The molecule has 0 aliphatic rings. The van der Waals surface area contributed by atoms with Crippen LogP contribution in [0.2, 0.25) is 0 Å². The topological polar surface area (TPSA) is 159 Å². The monoisotopic (exact) mass is 331 g/mol. The molecule has 0 spiro atoms. The van der Waals surface area contributed by atoms with Crippen molar-refractivity contribution in [3.63, 3.8) is 0 Å². The van der Waals surface area contributed by atoms with Gasteiger partial charge in [0.15, 0.2) is 0 Å². The van der Waals surface area contributed by atoms with Gasteiger partial charge >= 0.3 is 11.9 Å². The van der Waals surface area contributed by atoms with Gasteiger partial charge in [-0.25, -0.2) is 4.79 Å². The first-order valence-corrected chi connectivity index (χ1v) is 7.28. The van der Waals surface area contributed by atoms with Crippen LogP contribution in [0, 0.1) is 11.8 Å². The second-order valence-electron chi connectivity index (χ2n) is 6.00. The van der Waals surface area contributed by atoms with Gasteiger partial charge in [-0.1, -0.05) is 27.7 Å². The Morgan fingerprint density at radius 1 is 0.870 bits per heavy atom. The van der Waals surface area contributed by atoms with Gasteiger partial charge in [0.2, 0.25) is 11.8 Å². The summed E-state index contributed by atoms with van der Waals surface area (Å²) in [5, 5.41) is 22.5. The number of carboxylic acid groups (broad SMARTS) is 2. The molecule has 0 saturated heterocycles. The number of hydrogen-bond acceptors (Lipinski definition) is 5. The van der Waals surface area contributed by atoms with Crippen LogP contribution in [0.1, 0.15) is 34.1 Å². The molecule has 132 valence electrons. The molecule has 0 aromatic heterocycles. The zero-order chi connectivity index (χ0) is 18.3. The molecule has 9 nitrogen and oxygen atoms in total. The molecule has 0 heterocycles. The zero-order valence-corrected chi connectivity index (χ0v) is 13.7. The average molecular weight is 331 g/mol. The van der Waals surface area contributed by atoms with E-state index in [0.717, 1.165) is 0 Å². The van der Waals surface area contributed by atoms with Crippen molar-refractivity contribution in [1.82, 2.24) is 10.6 Å². The second-order valence-corrected chi connectivity index (χ2v) is 6.00. The van der Waals surface area contributed by atoms with E-state index >= 15 is 0 Å². The van der Waals surface area contributed by atoms with E-state index in [1.807, 2.05) is 0 Å². The fourth-order valence-corrected chi connectivity index (χ4v) is 1.83. The van der Waals surface area contributed by atoms with Gasteiger partial charge in [0, 0.05) is 0 Å². The molecule has 0 rings (SSSR count). The van der Waals surface area contributed by atoms with Crippen molar-refractivity contribution in [2.45, 2.75) is 52.2 Å². The lowest BCUT2D eigenvalue weighted by atomic mass is 10.00. The highest BCUT2D eigenvalue weighted by Crippen LogP contribution is 2.07. The normalized spacial score (nSPS) is 14.9. The SMILES string of the molecule is CC(C)C(NC(=O)C(NC(=O)C(N)CC(=O)O)C(C)C)C(=O)O. The van der Waals surface area contributed by atoms with Crippen LogP contribution in [0.25, 0.3) is 0 Å². The van der Waals surface area contributed by atoms with Crippen LogP contribution in [0.3, 0.4) is 0 Å². The summed E-state index contributed by atoms with van der Waals surface area (Å²) in [6.07, 6.45) is -0.567. The summed E-state index contributed by atoms with van der Waals surface area (Å²) in [6, 6.07) is -3.39. The molecule has 2 amide bonds. The van der Waals surface area contributed by atoms with Crippen LogP contribution in [0.4, 0.5) is 0 Å². The van der Waals surface area contributed by atoms with Crippen molar-refractivity contribution in [3.8, 4) is 0 Å². The van der Waals surface area contributed by atoms with Gasteiger partial charge < -0.3 is 26.6 Å². The number of carbonyl (C=O) groups is 4. The summed E-state index contributed by atoms with van der Waals surface area (Å²) in [5.74, 6) is -4.52. The van der Waals surface area contributed by atoms with E-state index in [-0.39, 0.29) is 11.8 Å². The Kier molecular flexibility index (Phi) is 8.23. The highest BCUT2D eigenvalue weighted by Gasteiger charge is 2.31. The lowest BCUT2D eigenvalue weighted by molar-refractivity contribution is -0.144. The molecule has 3 atom stereocenters. The minimum atomic E-state index is -1.29. The Hall–Kier alpha value is -2.16. The molecular formula is C14H25N3O6. The lowest BCUT2D eigenvalue weighted by Crippen LogP contribution is -2.57. The molecule has 6 N–H and O–H groups in total. The molecule has 0 radical (unpaired) electrons. The standard InChI is InChI=1S/C14H25N3O6/c1-6(2)10(16-12(20)8(15)5-9(18)19)13(21)17-11(7(3)4)14(22)23/h6-8,10-11H,5,15H2,1-4H3,(H,16,20)(H,17,21)(H,18,19)(H,22,23). The van der Waals surface area contributed by atoms with Gasteiger partial charge in [0.05, 0.1) is 12.5 Å². The Labute approximate surface area is 134 Å². The molecule has 0 saturated carbocycles. The van der Waals surface area contributed by atoms with Crippen LogP contribution in [0.15, 0.2) is 0 Å². The summed E-state index contributed by atoms with van der Waals surface area (Å²) in [5.41, 5.74) is 5.45. The predicted octanol–water partition coefficient (Wildman–Crippen LogP) is -0.845. The molecule has 0 fully saturated rings. The third-order valence-electron chi connectivity index (χ3n) is 3.21. The highest BCUT2D eigenvalue weighted by molar-refractivity contribution is 5.93. The molecule has 9 heteroatoms. The smallest absolute Gasteiger partial charge is 0.326 e. The van der Waals surface area contributed by atoms with Gasteiger partial charge in [0.25, 0.3) is 0 Å². The first-order valence-electron chi connectivity index (χ1n) is 7.28. The maximum atomic E-state index is 12.2. The van der Waals surface area contributed by atoms with Crippen molar-refractivity contribution in [2.24, 2.45) is 17.6 Å². The highest BCUT2D eigenvalue weighted by atomic mass is 16.4. The number of rotatable bonds is 9. The minimum Gasteiger partial charge on any atom is -0.481 e. The summed E-state index contributed by atoms with van der Waals surface area (Å²) >= 11 is 0. The average Bonchev–Trinajstić information content (AvgIpc) is 2.39. The van der Waals surface area contributed by atoms with Gasteiger partial charge in [-0.3, -0.25) is 14.4 Å². The van der Waals surface area contributed by atoms with Crippen LogP contribution >= 0.6 is 0 Å². The first kappa shape index (κ1) is 20.8. The second kappa shape index (κ2) is 9.09. The van der Waals surface area contributed by atoms with E-state index in [1.54, 1.807) is 27.7 Å². The Morgan fingerprint density at radius 3 is 1.65 bits per heavy atom. The van der Waals surface area contributed by atoms with Crippen LogP contribution in [-0.4, -0.2) is 52.1 Å². The van der Waals surface area contributed by atoms with Crippen molar-refractivity contribution < 1.29 is 29.4 Å². The summed E-state index contributed by atoms with van der Waals surface area (Å²) in [7, 11) is 0. The number of amides is 2. The van der Waals surface area contributed by atoms with Crippen LogP contribution in [-0.2, 0) is 19.2 Å². The Balaban J connectivity index is 4.97. The van der Waals surface area contributed by atoms with Gasteiger partial charge in [0.1, 0.15) is 12.1 Å². The summed E-state index contributed by atoms with van der Waals surface area (Å²) < 4.78 is 0. The molecule has 0 bridgehead atoms. The Morgan fingerprint density at radius 2 is 1.30 bits per heavy atom. The van der Waals surface area contributed by atoms with E-state index in [0.29, 0.717) is 0 Å². The molecule has 0 aliphatic carbocycles. The largest absolute Gasteiger partial charge is 0.481 e. The van der Waals surface area contributed by atoms with Crippen LogP contribution in [0.5, 0.6) is 0 Å². The van der Waals surface area contributed by atoms with Crippen molar-refractivity contribution in [3.05, 3.63) is 0 Å². The Bertz CT molecular complexity index is 463. The fraction of sp³-hybridized carbons (Fsp3) is 0.714. The number of nitrogens with two attached hydrogens (primary N) is 1. The van der Waals surface area contributed by atoms with Crippen molar-refractivity contribution >= 4 is 23.8 Å². The molecule has 0 aromatic carbocycles. The van der Waals surface area contributed by atoms with Crippen molar-refractivity contribution in [2.75, 3.05) is 0 Å². The third-order valence-corrected chi connectivity index (χ3v) is 3.21. The number of hydrogen-bond donors (Lipinski definition) is 5. The van der Waals surface area contributed by atoms with Crippen LogP contribution < -0.4 is 16.4 Å². The summed E-state index contributed by atoms with van der Waals surface area (Å²) in [6.45, 7) is 6.62. The fourth-order valence-electron chi connectivity index (χ4n) is 1.83. The van der Waals surface area contributed by atoms with E-state index < -0.39 is 48.3 Å². The van der Waals surface area contributed by atoms with Gasteiger partial charge in [-0.15, -0.1) is 0 Å². The van der Waals surface area contributed by atoms with Crippen molar-refractivity contribution in [1.29, 1.82) is 0 Å². The number of carbonyl (C=O) groups excluding carboxylic acids is 2. The number of nitrogens with one attached hydrogen (secondary N) is 2. The first-order chi connectivity index (χ1) is 10.5. The predicted molar refractivity (Wildman–Crippen MR) is 81.4 cm³/mol. The maximum Gasteiger partial charge on any atom is 0.326 e. The van der Waals surface area contributed by atoms with Gasteiger partial charge in [-0.05, 0) is 11.8 Å². The lowest BCUT2D eigenvalue weighted by Gasteiger charge is -2.26. The molecule has 0 aromatic rings. The quantitative estimate of drug-likeness (QED) is 0.368. The maximum absolute atomic E-state index is 12.2. The molecule has 0 aliphatic heterocycles. The van der Waals surface area contributed by atoms with E-state index in [9.17, 15) is 19.2 Å². The van der Waals surface area contributed by atoms with E-state index in [1.165, 1.54) is 0 Å².